The third kappa shape index (κ3) is 6.36. The van der Waals surface area contributed by atoms with E-state index in [1.54, 1.807) is 6.07 Å². The van der Waals surface area contributed by atoms with E-state index in [1.807, 2.05) is 0 Å². The molecule has 0 unspecified atom stereocenters. The van der Waals surface area contributed by atoms with Crippen molar-refractivity contribution in [1.29, 1.82) is 0 Å². The van der Waals surface area contributed by atoms with Crippen LogP contribution in [0.4, 0.5) is 10.2 Å². The average molecular weight is 501 g/mol. The van der Waals surface area contributed by atoms with E-state index in [0.717, 1.165) is 76.5 Å². The zero-order valence-corrected chi connectivity index (χ0v) is 20.3. The van der Waals surface area contributed by atoms with Crippen LogP contribution in [0.1, 0.15) is 32.1 Å². The Morgan fingerprint density at radius 1 is 1.21 bits per heavy atom. The fourth-order valence-corrected chi connectivity index (χ4v) is 5.52. The first-order chi connectivity index (χ1) is 15.7. The van der Waals surface area contributed by atoms with Gasteiger partial charge in [0, 0.05) is 44.5 Å². The Bertz CT molecular complexity index is 1090. The van der Waals surface area contributed by atoms with Gasteiger partial charge in [-0.25, -0.2) is 12.8 Å². The summed E-state index contributed by atoms with van der Waals surface area (Å²) in [5, 5.41) is 7.80. The smallest absolute Gasteiger partial charge is 0.235 e. The highest BCUT2D eigenvalue weighted by Crippen LogP contribution is 2.31. The Hall–Kier alpha value is -1.91. The first-order valence-electron chi connectivity index (χ1n) is 11.4. The SMILES string of the molecule is CS(=O)(=O)CC(=O)N[C@H]1CC[C@H](CCN2CCN(c3noc4cc(F)c(Cl)cc34)CC2)CC1. The van der Waals surface area contributed by atoms with Crippen molar-refractivity contribution in [3.63, 3.8) is 0 Å². The number of piperazine rings is 1. The van der Waals surface area contributed by atoms with E-state index in [1.165, 1.54) is 6.07 Å². The Morgan fingerprint density at radius 2 is 1.91 bits per heavy atom. The maximum Gasteiger partial charge on any atom is 0.235 e. The minimum atomic E-state index is -3.29. The number of carbonyl (C=O) groups is 1. The van der Waals surface area contributed by atoms with Crippen molar-refractivity contribution in [2.75, 3.05) is 49.6 Å². The normalized spacial score (nSPS) is 22.6. The Kier molecular flexibility index (Phi) is 7.45. The molecule has 0 atom stereocenters. The molecule has 0 spiro atoms. The molecule has 11 heteroatoms. The summed E-state index contributed by atoms with van der Waals surface area (Å²) in [6.07, 6.45) is 6.09. The van der Waals surface area contributed by atoms with E-state index in [9.17, 15) is 17.6 Å². The summed E-state index contributed by atoms with van der Waals surface area (Å²) < 4.78 is 41.4. The first-order valence-corrected chi connectivity index (χ1v) is 13.8. The largest absolute Gasteiger partial charge is 0.354 e. The summed E-state index contributed by atoms with van der Waals surface area (Å²) in [6, 6.07) is 2.93. The lowest BCUT2D eigenvalue weighted by Gasteiger charge is -2.36. The molecule has 4 rings (SSSR count). The molecule has 2 aliphatic rings. The number of rotatable bonds is 7. The Labute approximate surface area is 198 Å². The van der Waals surface area contributed by atoms with Crippen LogP contribution < -0.4 is 10.2 Å². The topological polar surface area (TPSA) is 95.8 Å². The number of fused-ring (bicyclic) bond motifs is 1. The number of nitrogens with one attached hydrogen (secondary N) is 1. The number of anilines is 1. The van der Waals surface area contributed by atoms with Gasteiger partial charge in [0.25, 0.3) is 0 Å². The first kappa shape index (κ1) is 24.2. The summed E-state index contributed by atoms with van der Waals surface area (Å²) in [7, 11) is -3.29. The lowest BCUT2D eigenvalue weighted by atomic mass is 9.84. The van der Waals surface area contributed by atoms with Crippen LogP contribution >= 0.6 is 11.6 Å². The summed E-state index contributed by atoms with van der Waals surface area (Å²) in [6.45, 7) is 4.49. The van der Waals surface area contributed by atoms with E-state index < -0.39 is 27.3 Å². The van der Waals surface area contributed by atoms with Crippen molar-refractivity contribution in [3.8, 4) is 0 Å². The Balaban J connectivity index is 1.19. The number of nitrogens with zero attached hydrogens (tertiary/aromatic N) is 3. The van der Waals surface area contributed by atoms with E-state index in [4.69, 9.17) is 16.1 Å². The number of benzene rings is 1. The van der Waals surface area contributed by atoms with Crippen molar-refractivity contribution in [2.45, 2.75) is 38.1 Å². The van der Waals surface area contributed by atoms with Crippen LogP contribution in [0.2, 0.25) is 5.02 Å². The second-order valence-electron chi connectivity index (χ2n) is 9.24. The van der Waals surface area contributed by atoms with Crippen LogP contribution in [0.25, 0.3) is 11.0 Å². The number of hydrogen-bond donors (Lipinski definition) is 1. The third-order valence-corrected chi connectivity index (χ3v) is 7.70. The second-order valence-corrected chi connectivity index (χ2v) is 11.8. The van der Waals surface area contributed by atoms with Gasteiger partial charge in [0.05, 0.1) is 10.4 Å². The van der Waals surface area contributed by atoms with Crippen LogP contribution in [0.15, 0.2) is 16.7 Å². The highest BCUT2D eigenvalue weighted by molar-refractivity contribution is 7.91. The molecule has 1 saturated carbocycles. The molecule has 182 valence electrons. The van der Waals surface area contributed by atoms with Gasteiger partial charge in [-0.1, -0.05) is 16.8 Å². The van der Waals surface area contributed by atoms with Crippen molar-refractivity contribution in [2.24, 2.45) is 5.92 Å². The van der Waals surface area contributed by atoms with E-state index in [-0.39, 0.29) is 11.1 Å². The maximum absolute atomic E-state index is 13.6. The summed E-state index contributed by atoms with van der Waals surface area (Å²) >= 11 is 5.94. The zero-order valence-electron chi connectivity index (χ0n) is 18.7. The number of aromatic nitrogens is 1. The fraction of sp³-hybridized carbons (Fsp3) is 0.636. The highest BCUT2D eigenvalue weighted by Gasteiger charge is 2.26. The molecule has 8 nitrogen and oxygen atoms in total. The summed E-state index contributed by atoms with van der Waals surface area (Å²) in [4.78, 5) is 16.4. The lowest BCUT2D eigenvalue weighted by molar-refractivity contribution is -0.119. The van der Waals surface area contributed by atoms with E-state index in [2.05, 4.69) is 20.3 Å². The minimum Gasteiger partial charge on any atom is -0.354 e. The quantitative estimate of drug-likeness (QED) is 0.624. The molecule has 2 aromatic rings. The van der Waals surface area contributed by atoms with Gasteiger partial charge in [0.1, 0.15) is 11.6 Å². The van der Waals surface area contributed by atoms with Crippen LogP contribution in [0, 0.1) is 11.7 Å². The molecular formula is C22H30ClFN4O4S. The fourth-order valence-electron chi connectivity index (χ4n) is 4.80. The Morgan fingerprint density at radius 3 is 2.58 bits per heavy atom. The van der Waals surface area contributed by atoms with Gasteiger partial charge in [0.15, 0.2) is 21.2 Å². The predicted octanol–water partition coefficient (Wildman–Crippen LogP) is 2.85. The number of sulfone groups is 1. The molecule has 0 radical (unpaired) electrons. The minimum absolute atomic E-state index is 0.0651. The molecule has 2 fully saturated rings. The van der Waals surface area contributed by atoms with Crippen molar-refractivity contribution in [1.82, 2.24) is 15.4 Å². The van der Waals surface area contributed by atoms with Crippen LogP contribution in [-0.4, -0.2) is 75.2 Å². The van der Waals surface area contributed by atoms with Crippen molar-refractivity contribution < 1.29 is 22.1 Å². The zero-order chi connectivity index (χ0) is 23.6. The van der Waals surface area contributed by atoms with Crippen LogP contribution in [0.5, 0.6) is 0 Å². The molecule has 0 bridgehead atoms. The molecule has 1 aliphatic carbocycles. The number of hydrogen-bond acceptors (Lipinski definition) is 7. The van der Waals surface area contributed by atoms with E-state index in [0.29, 0.717) is 17.3 Å². The number of amides is 1. The molecule has 1 aromatic carbocycles. The molecule has 1 N–H and O–H groups in total. The molecular weight excluding hydrogens is 471 g/mol. The molecule has 1 saturated heterocycles. The molecule has 1 aromatic heterocycles. The standard InChI is InChI=1S/C22H30ClFN4O4S/c1-33(30,31)14-21(29)25-16-4-2-15(3-5-16)6-7-27-8-10-28(11-9-27)22-17-12-18(23)19(24)13-20(17)32-26-22/h12-13,15-16H,2-11,14H2,1H3,(H,25,29)/t15-,16-. The monoisotopic (exact) mass is 500 g/mol. The average Bonchev–Trinajstić information content (AvgIpc) is 3.15. The molecule has 1 amide bonds. The number of carbonyl (C=O) groups excluding carboxylic acids is 1. The number of halogens is 2. The molecule has 2 heterocycles. The second kappa shape index (κ2) is 10.1. The van der Waals surface area contributed by atoms with Gasteiger partial charge >= 0.3 is 0 Å². The van der Waals surface area contributed by atoms with Crippen LogP contribution in [-0.2, 0) is 14.6 Å². The van der Waals surface area contributed by atoms with Crippen LogP contribution in [0.3, 0.4) is 0 Å². The predicted molar refractivity (Wildman–Crippen MR) is 126 cm³/mol. The van der Waals surface area contributed by atoms with Gasteiger partial charge in [-0.15, -0.1) is 0 Å². The summed E-state index contributed by atoms with van der Waals surface area (Å²) in [5.41, 5.74) is 0.400. The maximum atomic E-state index is 13.6. The molecule has 1 aliphatic heterocycles. The van der Waals surface area contributed by atoms with Crippen molar-refractivity contribution in [3.05, 3.63) is 23.0 Å². The van der Waals surface area contributed by atoms with Gasteiger partial charge in [-0.2, -0.15) is 0 Å². The summed E-state index contributed by atoms with van der Waals surface area (Å²) in [5.74, 6) is -0.00834. The lowest BCUT2D eigenvalue weighted by Crippen LogP contribution is -2.47. The van der Waals surface area contributed by atoms with Gasteiger partial charge in [-0.05, 0) is 50.6 Å². The van der Waals surface area contributed by atoms with E-state index >= 15 is 0 Å². The van der Waals surface area contributed by atoms with Gasteiger partial charge < -0.3 is 14.7 Å². The molecule has 33 heavy (non-hydrogen) atoms. The van der Waals surface area contributed by atoms with Crippen molar-refractivity contribution >= 4 is 44.1 Å². The highest BCUT2D eigenvalue weighted by atomic mass is 35.5. The third-order valence-electron chi connectivity index (χ3n) is 6.62. The van der Waals surface area contributed by atoms with Gasteiger partial charge in [0.2, 0.25) is 5.91 Å². The van der Waals surface area contributed by atoms with Gasteiger partial charge in [-0.3, -0.25) is 9.69 Å².